The minimum absolute atomic E-state index is 0.0285. The van der Waals surface area contributed by atoms with Gasteiger partial charge < -0.3 is 10.2 Å². The molecule has 27 heavy (non-hydrogen) atoms. The maximum atomic E-state index is 13.1. The summed E-state index contributed by atoms with van der Waals surface area (Å²) in [5, 5.41) is 8.59. The van der Waals surface area contributed by atoms with Crippen LogP contribution in [0.5, 0.6) is 0 Å². The number of hydrogen-bond acceptors (Lipinski definition) is 3. The molecule has 142 valence electrons. The Morgan fingerprint density at radius 1 is 1.22 bits per heavy atom. The number of alkyl halides is 3. The number of aromatic nitrogens is 2. The Morgan fingerprint density at radius 2 is 2.00 bits per heavy atom. The summed E-state index contributed by atoms with van der Waals surface area (Å²) >= 11 is 0. The number of carbonyl (C=O) groups is 2. The molecule has 0 saturated heterocycles. The predicted octanol–water partition coefficient (Wildman–Crippen LogP) is 2.51. The average molecular weight is 378 g/mol. The van der Waals surface area contributed by atoms with Crippen molar-refractivity contribution in [2.24, 2.45) is 5.92 Å². The number of anilines is 1. The van der Waals surface area contributed by atoms with Gasteiger partial charge in [0, 0.05) is 29.4 Å². The molecule has 1 aromatic carbocycles. The fourth-order valence-electron chi connectivity index (χ4n) is 3.76. The van der Waals surface area contributed by atoms with E-state index in [4.69, 9.17) is 0 Å². The molecule has 2 heterocycles. The summed E-state index contributed by atoms with van der Waals surface area (Å²) < 4.78 is 39.4. The van der Waals surface area contributed by atoms with Crippen LogP contribution >= 0.6 is 0 Å². The maximum Gasteiger partial charge on any atom is 0.435 e. The van der Waals surface area contributed by atoms with Gasteiger partial charge in [-0.1, -0.05) is 18.2 Å². The number of halogens is 3. The Labute approximate surface area is 152 Å². The molecule has 1 aromatic heterocycles. The van der Waals surface area contributed by atoms with Crippen LogP contribution in [0.15, 0.2) is 24.3 Å². The van der Waals surface area contributed by atoms with Crippen molar-refractivity contribution in [2.45, 2.75) is 32.0 Å². The van der Waals surface area contributed by atoms with E-state index in [-0.39, 0.29) is 36.9 Å². The van der Waals surface area contributed by atoms with E-state index in [1.165, 1.54) is 4.90 Å². The first-order chi connectivity index (χ1) is 12.8. The molecule has 4 rings (SSSR count). The molecular formula is C18H17F3N4O2. The first kappa shape index (κ1) is 17.6. The number of hydrogen-bond donors (Lipinski definition) is 2. The fourth-order valence-corrected chi connectivity index (χ4v) is 3.76. The number of aromatic amines is 1. The lowest BCUT2D eigenvalue weighted by Crippen LogP contribution is -2.41. The van der Waals surface area contributed by atoms with Gasteiger partial charge in [-0.2, -0.15) is 18.3 Å². The Bertz CT molecular complexity index is 906. The second-order valence-corrected chi connectivity index (χ2v) is 6.87. The standard InChI is InChI=1S/C18H17F3N4O2/c19-18(20,21)16-12-7-10(5-6-14(12)23-24-16)17(27)25-8-11-3-1-2-4-13(11)22-15(26)9-25/h1-4,10H,5-9H2,(H,22,26)(H,23,24). The first-order valence-electron chi connectivity index (χ1n) is 8.63. The lowest BCUT2D eigenvalue weighted by molar-refractivity contribution is -0.143. The SMILES string of the molecule is O=C1CN(C(=O)C2CCc3[nH]nc(C(F)(F)F)c3C2)Cc2ccccc2N1. The van der Waals surface area contributed by atoms with Crippen molar-refractivity contribution in [3.05, 3.63) is 46.8 Å². The van der Waals surface area contributed by atoms with E-state index < -0.39 is 17.8 Å². The first-order valence-corrected chi connectivity index (χ1v) is 8.63. The number of fused-ring (bicyclic) bond motifs is 2. The summed E-state index contributed by atoms with van der Waals surface area (Å²) in [6.45, 7) is 0.128. The van der Waals surface area contributed by atoms with Gasteiger partial charge >= 0.3 is 6.18 Å². The minimum Gasteiger partial charge on any atom is -0.329 e. The van der Waals surface area contributed by atoms with Gasteiger partial charge in [-0.15, -0.1) is 0 Å². The van der Waals surface area contributed by atoms with Crippen LogP contribution in [0.1, 0.15) is 28.9 Å². The highest BCUT2D eigenvalue weighted by atomic mass is 19.4. The number of nitrogens with zero attached hydrogens (tertiary/aromatic N) is 2. The highest BCUT2D eigenvalue weighted by Crippen LogP contribution is 2.36. The van der Waals surface area contributed by atoms with Crippen molar-refractivity contribution in [3.63, 3.8) is 0 Å². The molecule has 6 nitrogen and oxygen atoms in total. The highest BCUT2D eigenvalue weighted by molar-refractivity contribution is 5.96. The summed E-state index contributed by atoms with van der Waals surface area (Å²) in [5.41, 5.74) is 0.997. The van der Waals surface area contributed by atoms with E-state index in [1.807, 2.05) is 12.1 Å². The number of nitrogens with one attached hydrogen (secondary N) is 2. The highest BCUT2D eigenvalue weighted by Gasteiger charge is 2.41. The quantitative estimate of drug-likeness (QED) is 0.801. The minimum atomic E-state index is -4.56. The van der Waals surface area contributed by atoms with Gasteiger partial charge in [0.05, 0.1) is 0 Å². The molecule has 1 atom stereocenters. The molecule has 1 unspecified atom stereocenters. The molecule has 9 heteroatoms. The lowest BCUT2D eigenvalue weighted by atomic mass is 9.85. The molecule has 0 spiro atoms. The number of para-hydroxylation sites is 1. The Hall–Kier alpha value is -2.84. The molecular weight excluding hydrogens is 361 g/mol. The van der Waals surface area contributed by atoms with Crippen LogP contribution in [0.4, 0.5) is 18.9 Å². The number of amides is 2. The van der Waals surface area contributed by atoms with Crippen LogP contribution in [0.3, 0.4) is 0 Å². The summed E-state index contributed by atoms with van der Waals surface area (Å²) in [7, 11) is 0. The number of aryl methyl sites for hydroxylation is 1. The van der Waals surface area contributed by atoms with Crippen LogP contribution in [0.25, 0.3) is 0 Å². The smallest absolute Gasteiger partial charge is 0.329 e. The second-order valence-electron chi connectivity index (χ2n) is 6.87. The third-order valence-electron chi connectivity index (χ3n) is 5.06. The number of rotatable bonds is 1. The van der Waals surface area contributed by atoms with E-state index in [0.29, 0.717) is 24.2 Å². The van der Waals surface area contributed by atoms with Crippen molar-refractivity contribution < 1.29 is 22.8 Å². The van der Waals surface area contributed by atoms with Crippen LogP contribution in [0, 0.1) is 5.92 Å². The normalized spacial score (nSPS) is 19.7. The van der Waals surface area contributed by atoms with E-state index in [1.54, 1.807) is 12.1 Å². The third-order valence-corrected chi connectivity index (χ3v) is 5.06. The maximum absolute atomic E-state index is 13.1. The van der Waals surface area contributed by atoms with Crippen molar-refractivity contribution in [2.75, 3.05) is 11.9 Å². The van der Waals surface area contributed by atoms with Crippen molar-refractivity contribution >= 4 is 17.5 Å². The predicted molar refractivity (Wildman–Crippen MR) is 89.6 cm³/mol. The zero-order valence-corrected chi connectivity index (χ0v) is 14.3. The van der Waals surface area contributed by atoms with Gasteiger partial charge in [0.25, 0.3) is 0 Å². The fraction of sp³-hybridized carbons (Fsp3) is 0.389. The van der Waals surface area contributed by atoms with Crippen LogP contribution in [-0.4, -0.2) is 33.5 Å². The number of carbonyl (C=O) groups excluding carboxylic acids is 2. The van der Waals surface area contributed by atoms with Gasteiger partial charge in [0.1, 0.15) is 6.54 Å². The summed E-state index contributed by atoms with van der Waals surface area (Å²) in [6, 6.07) is 7.18. The summed E-state index contributed by atoms with van der Waals surface area (Å²) in [5.74, 6) is -1.22. The largest absolute Gasteiger partial charge is 0.435 e. The van der Waals surface area contributed by atoms with Crippen LogP contribution in [0.2, 0.25) is 0 Å². The molecule has 1 aliphatic heterocycles. The van der Waals surface area contributed by atoms with Crippen LogP contribution in [-0.2, 0) is 35.2 Å². The molecule has 0 bridgehead atoms. The molecule has 0 fully saturated rings. The molecule has 1 aliphatic carbocycles. The Kier molecular flexibility index (Phi) is 4.16. The molecule has 2 N–H and O–H groups in total. The topological polar surface area (TPSA) is 78.1 Å². The van der Waals surface area contributed by atoms with Crippen molar-refractivity contribution in [1.29, 1.82) is 0 Å². The van der Waals surface area contributed by atoms with Crippen molar-refractivity contribution in [3.8, 4) is 0 Å². The monoisotopic (exact) mass is 378 g/mol. The van der Waals surface area contributed by atoms with Gasteiger partial charge in [-0.05, 0) is 30.9 Å². The number of benzene rings is 1. The van der Waals surface area contributed by atoms with E-state index in [9.17, 15) is 22.8 Å². The molecule has 2 aromatic rings. The zero-order valence-electron chi connectivity index (χ0n) is 14.3. The Morgan fingerprint density at radius 3 is 2.78 bits per heavy atom. The number of H-pyrrole nitrogens is 1. The molecule has 2 aliphatic rings. The second kappa shape index (κ2) is 6.40. The summed E-state index contributed by atoms with van der Waals surface area (Å²) in [4.78, 5) is 26.5. The van der Waals surface area contributed by atoms with Gasteiger partial charge in [0.2, 0.25) is 11.8 Å². The van der Waals surface area contributed by atoms with E-state index >= 15 is 0 Å². The van der Waals surface area contributed by atoms with Gasteiger partial charge in [0.15, 0.2) is 5.69 Å². The summed E-state index contributed by atoms with van der Waals surface area (Å²) in [6.07, 6.45) is -3.84. The van der Waals surface area contributed by atoms with Gasteiger partial charge in [-0.3, -0.25) is 14.7 Å². The zero-order chi connectivity index (χ0) is 19.2. The van der Waals surface area contributed by atoms with Crippen molar-refractivity contribution in [1.82, 2.24) is 15.1 Å². The Balaban J connectivity index is 1.57. The van der Waals surface area contributed by atoms with Crippen LogP contribution < -0.4 is 5.32 Å². The molecule has 0 saturated carbocycles. The average Bonchev–Trinajstić information content (AvgIpc) is 2.97. The molecule has 0 radical (unpaired) electrons. The van der Waals surface area contributed by atoms with E-state index in [2.05, 4.69) is 15.5 Å². The van der Waals surface area contributed by atoms with Gasteiger partial charge in [-0.25, -0.2) is 0 Å². The molecule has 2 amide bonds. The van der Waals surface area contributed by atoms with E-state index in [0.717, 1.165) is 5.56 Å². The lowest BCUT2D eigenvalue weighted by Gasteiger charge is -2.28. The third kappa shape index (κ3) is 3.29.